The Hall–Kier alpha value is -1.98. The number of nitrogens with one attached hydrogen (secondary N) is 1. The molecule has 0 aliphatic heterocycles. The van der Waals surface area contributed by atoms with Crippen molar-refractivity contribution in [1.82, 2.24) is 19.3 Å². The van der Waals surface area contributed by atoms with Gasteiger partial charge in [0.05, 0.1) is 11.4 Å². The van der Waals surface area contributed by atoms with E-state index in [9.17, 15) is 0 Å². The Balaban J connectivity index is 1.98. The van der Waals surface area contributed by atoms with Crippen molar-refractivity contribution in [3.8, 4) is 0 Å². The fourth-order valence-corrected chi connectivity index (χ4v) is 2.00. The number of aromatic nitrogens is 4. The number of aryl methyl sites for hydroxylation is 3. The van der Waals surface area contributed by atoms with E-state index in [1.807, 2.05) is 31.1 Å². The maximum Gasteiger partial charge on any atom is 0.147 e. The van der Waals surface area contributed by atoms with Crippen molar-refractivity contribution in [1.29, 1.82) is 0 Å². The zero-order valence-corrected chi connectivity index (χ0v) is 11.1. The number of nitrogen functional groups attached to an aromatic ring is 1. The summed E-state index contributed by atoms with van der Waals surface area (Å²) in [5.41, 5.74) is 7.73. The smallest absolute Gasteiger partial charge is 0.147 e. The molecule has 0 fully saturated rings. The first-order valence-electron chi connectivity index (χ1n) is 6.15. The number of anilines is 2. The molecule has 0 aliphatic carbocycles. The summed E-state index contributed by atoms with van der Waals surface area (Å²) in [6.07, 6.45) is 5.46. The van der Waals surface area contributed by atoms with E-state index in [1.165, 1.54) is 0 Å². The number of hydrogen-bond acceptors (Lipinski definition) is 4. The van der Waals surface area contributed by atoms with Gasteiger partial charge in [-0.05, 0) is 6.42 Å². The van der Waals surface area contributed by atoms with Gasteiger partial charge < -0.3 is 15.6 Å². The fraction of sp³-hybridized carbons (Fsp3) is 0.500. The molecule has 6 heteroatoms. The molecule has 0 amide bonds. The van der Waals surface area contributed by atoms with Gasteiger partial charge in [-0.25, -0.2) is 4.98 Å². The summed E-state index contributed by atoms with van der Waals surface area (Å²) in [5.74, 6) is 1.94. The highest BCUT2D eigenvalue weighted by molar-refractivity contribution is 5.64. The van der Waals surface area contributed by atoms with Gasteiger partial charge in [0.1, 0.15) is 11.6 Å². The predicted molar refractivity (Wildman–Crippen MR) is 72.4 cm³/mol. The Kier molecular flexibility index (Phi) is 3.55. The second kappa shape index (κ2) is 5.12. The molecule has 0 spiro atoms. The van der Waals surface area contributed by atoms with Gasteiger partial charge in [-0.1, -0.05) is 6.92 Å². The van der Waals surface area contributed by atoms with Gasteiger partial charge in [0.15, 0.2) is 0 Å². The second-order valence-electron chi connectivity index (χ2n) is 4.32. The zero-order chi connectivity index (χ0) is 13.1. The Morgan fingerprint density at radius 3 is 2.72 bits per heavy atom. The van der Waals surface area contributed by atoms with Crippen molar-refractivity contribution in [2.75, 3.05) is 17.6 Å². The average molecular weight is 248 g/mol. The minimum Gasteiger partial charge on any atom is -0.394 e. The van der Waals surface area contributed by atoms with Crippen molar-refractivity contribution in [3.05, 3.63) is 23.9 Å². The summed E-state index contributed by atoms with van der Waals surface area (Å²) in [4.78, 5) is 4.28. The second-order valence-corrected chi connectivity index (χ2v) is 4.32. The standard InChI is InChI=1S/C12H20N6/c1-4-9-11(13)12(18(3)16-9)15-6-5-10-14-7-8-17(10)2/h7-8,15H,4-6,13H2,1-3H3. The molecule has 0 aromatic carbocycles. The molecular weight excluding hydrogens is 228 g/mol. The number of nitrogens with two attached hydrogens (primary N) is 1. The van der Waals surface area contributed by atoms with Crippen LogP contribution in [0.3, 0.4) is 0 Å². The van der Waals surface area contributed by atoms with Crippen LogP contribution in [-0.2, 0) is 26.9 Å². The predicted octanol–water partition coefficient (Wildman–Crippen LogP) is 0.953. The van der Waals surface area contributed by atoms with Crippen molar-refractivity contribution >= 4 is 11.5 Å². The third-order valence-corrected chi connectivity index (χ3v) is 3.06. The van der Waals surface area contributed by atoms with Crippen molar-refractivity contribution in [3.63, 3.8) is 0 Å². The van der Waals surface area contributed by atoms with Crippen molar-refractivity contribution in [2.45, 2.75) is 19.8 Å². The first kappa shape index (κ1) is 12.5. The molecule has 2 aromatic rings. The lowest BCUT2D eigenvalue weighted by molar-refractivity contribution is 0.740. The van der Waals surface area contributed by atoms with E-state index in [2.05, 4.69) is 22.3 Å². The van der Waals surface area contributed by atoms with Crippen LogP contribution in [0.5, 0.6) is 0 Å². The molecule has 0 aliphatic rings. The van der Waals surface area contributed by atoms with Gasteiger partial charge in [0, 0.05) is 39.5 Å². The highest BCUT2D eigenvalue weighted by atomic mass is 15.3. The highest BCUT2D eigenvalue weighted by Crippen LogP contribution is 2.21. The van der Waals surface area contributed by atoms with Crippen LogP contribution in [-0.4, -0.2) is 25.9 Å². The summed E-state index contributed by atoms with van der Waals surface area (Å²) in [6, 6.07) is 0. The van der Waals surface area contributed by atoms with E-state index in [0.717, 1.165) is 42.4 Å². The molecule has 0 saturated carbocycles. The molecule has 2 heterocycles. The van der Waals surface area contributed by atoms with Gasteiger partial charge in [-0.2, -0.15) is 5.10 Å². The van der Waals surface area contributed by atoms with Crippen LogP contribution in [0.15, 0.2) is 12.4 Å². The maximum absolute atomic E-state index is 6.04. The maximum atomic E-state index is 6.04. The fourth-order valence-electron chi connectivity index (χ4n) is 2.00. The summed E-state index contributed by atoms with van der Waals surface area (Å²) in [7, 11) is 3.90. The Bertz CT molecular complexity index is 525. The molecule has 0 atom stereocenters. The summed E-state index contributed by atoms with van der Waals surface area (Å²) in [5, 5.41) is 7.69. The van der Waals surface area contributed by atoms with Gasteiger partial charge in [-0.15, -0.1) is 0 Å². The Morgan fingerprint density at radius 1 is 1.39 bits per heavy atom. The SMILES string of the molecule is CCc1nn(C)c(NCCc2nccn2C)c1N. The van der Waals surface area contributed by atoms with E-state index >= 15 is 0 Å². The Labute approximate surface area is 107 Å². The Morgan fingerprint density at radius 2 is 2.17 bits per heavy atom. The topological polar surface area (TPSA) is 73.7 Å². The lowest BCUT2D eigenvalue weighted by atomic mass is 10.3. The van der Waals surface area contributed by atoms with E-state index in [0.29, 0.717) is 0 Å². The summed E-state index contributed by atoms with van der Waals surface area (Å²) < 4.78 is 3.82. The van der Waals surface area contributed by atoms with Crippen molar-refractivity contribution in [2.24, 2.45) is 14.1 Å². The van der Waals surface area contributed by atoms with E-state index in [-0.39, 0.29) is 0 Å². The number of nitrogens with zero attached hydrogens (tertiary/aromatic N) is 4. The minimum absolute atomic E-state index is 0.750. The molecular formula is C12H20N6. The summed E-state index contributed by atoms with van der Waals surface area (Å²) >= 11 is 0. The molecule has 3 N–H and O–H groups in total. The van der Waals surface area contributed by atoms with Crippen molar-refractivity contribution < 1.29 is 0 Å². The zero-order valence-electron chi connectivity index (χ0n) is 11.1. The third-order valence-electron chi connectivity index (χ3n) is 3.06. The van der Waals surface area contributed by atoms with Crippen LogP contribution in [0, 0.1) is 0 Å². The van der Waals surface area contributed by atoms with Gasteiger partial charge in [0.25, 0.3) is 0 Å². The molecule has 0 unspecified atom stereocenters. The van der Waals surface area contributed by atoms with Crippen LogP contribution in [0.1, 0.15) is 18.4 Å². The molecule has 0 bridgehead atoms. The molecule has 6 nitrogen and oxygen atoms in total. The molecule has 0 radical (unpaired) electrons. The first-order chi connectivity index (χ1) is 8.63. The lowest BCUT2D eigenvalue weighted by Crippen LogP contribution is -2.12. The monoisotopic (exact) mass is 248 g/mol. The van der Waals surface area contributed by atoms with Gasteiger partial charge in [0.2, 0.25) is 0 Å². The quantitative estimate of drug-likeness (QED) is 0.826. The van der Waals surface area contributed by atoms with Crippen LogP contribution in [0.4, 0.5) is 11.5 Å². The van der Waals surface area contributed by atoms with Gasteiger partial charge in [-0.3, -0.25) is 4.68 Å². The van der Waals surface area contributed by atoms with Crippen LogP contribution < -0.4 is 11.1 Å². The highest BCUT2D eigenvalue weighted by Gasteiger charge is 2.11. The van der Waals surface area contributed by atoms with Gasteiger partial charge >= 0.3 is 0 Å². The molecule has 0 saturated heterocycles. The average Bonchev–Trinajstić information content (AvgIpc) is 2.87. The van der Waals surface area contributed by atoms with E-state index in [1.54, 1.807) is 4.68 Å². The van der Waals surface area contributed by atoms with Crippen LogP contribution in [0.2, 0.25) is 0 Å². The largest absolute Gasteiger partial charge is 0.394 e. The third kappa shape index (κ3) is 2.32. The first-order valence-corrected chi connectivity index (χ1v) is 6.15. The molecule has 2 rings (SSSR count). The molecule has 98 valence electrons. The number of hydrogen-bond donors (Lipinski definition) is 2. The number of imidazole rings is 1. The minimum atomic E-state index is 0.750. The van der Waals surface area contributed by atoms with Crippen LogP contribution in [0.25, 0.3) is 0 Å². The lowest BCUT2D eigenvalue weighted by Gasteiger charge is -2.07. The number of rotatable bonds is 5. The molecule has 18 heavy (non-hydrogen) atoms. The van der Waals surface area contributed by atoms with E-state index in [4.69, 9.17) is 5.73 Å². The van der Waals surface area contributed by atoms with E-state index < -0.39 is 0 Å². The summed E-state index contributed by atoms with van der Waals surface area (Å²) in [6.45, 7) is 2.84. The molecule has 2 aromatic heterocycles. The van der Waals surface area contributed by atoms with Crippen LogP contribution >= 0.6 is 0 Å². The normalized spacial score (nSPS) is 10.8.